The molecular weight excluding hydrogens is 226 g/mol. The van der Waals surface area contributed by atoms with Crippen LogP contribution in [-0.2, 0) is 0 Å². The fourth-order valence-electron chi connectivity index (χ4n) is 1.33. The average Bonchev–Trinajstić information content (AvgIpc) is 2.29. The number of aromatic amines is 1. The van der Waals surface area contributed by atoms with Gasteiger partial charge in [0.05, 0.1) is 11.1 Å². The van der Waals surface area contributed by atoms with Crippen molar-refractivity contribution >= 4 is 17.9 Å². The molecule has 1 aromatic carbocycles. The highest BCUT2D eigenvalue weighted by Crippen LogP contribution is 2.22. The quantitative estimate of drug-likeness (QED) is 0.491. The molecular formula is C10H7N3O2S. The molecule has 5 nitrogen and oxygen atoms in total. The summed E-state index contributed by atoms with van der Waals surface area (Å²) in [5.74, 6) is 0. The molecule has 0 fully saturated rings. The van der Waals surface area contributed by atoms with Gasteiger partial charge in [0.15, 0.2) is 0 Å². The van der Waals surface area contributed by atoms with Gasteiger partial charge in [-0.1, -0.05) is 24.4 Å². The van der Waals surface area contributed by atoms with E-state index < -0.39 is 4.92 Å². The number of H-pyrrole nitrogens is 1. The van der Waals surface area contributed by atoms with Crippen LogP contribution in [0.25, 0.3) is 11.1 Å². The van der Waals surface area contributed by atoms with Gasteiger partial charge in [0.25, 0.3) is 5.69 Å². The van der Waals surface area contributed by atoms with Crippen molar-refractivity contribution in [3.05, 3.63) is 51.3 Å². The Morgan fingerprint density at radius 2 is 2.12 bits per heavy atom. The van der Waals surface area contributed by atoms with E-state index in [1.54, 1.807) is 24.4 Å². The van der Waals surface area contributed by atoms with Crippen LogP contribution in [0.4, 0.5) is 5.69 Å². The highest BCUT2D eigenvalue weighted by molar-refractivity contribution is 7.71. The molecule has 1 N–H and O–H groups in total. The maximum absolute atomic E-state index is 10.6. The Hall–Kier alpha value is -2.08. The third-order valence-electron chi connectivity index (χ3n) is 2.06. The van der Waals surface area contributed by atoms with Crippen molar-refractivity contribution in [2.24, 2.45) is 0 Å². The van der Waals surface area contributed by atoms with E-state index in [1.807, 2.05) is 0 Å². The number of non-ortho nitro benzene ring substituents is 1. The lowest BCUT2D eigenvalue weighted by atomic mass is 10.1. The average molecular weight is 233 g/mol. The Bertz CT molecular complexity index is 594. The summed E-state index contributed by atoms with van der Waals surface area (Å²) < 4.78 is 0.490. The summed E-state index contributed by atoms with van der Waals surface area (Å²) >= 11 is 4.93. The van der Waals surface area contributed by atoms with Crippen molar-refractivity contribution in [1.82, 2.24) is 10.2 Å². The van der Waals surface area contributed by atoms with E-state index >= 15 is 0 Å². The first-order chi connectivity index (χ1) is 7.66. The standard InChI is InChI=1S/C10H7N3O2S/c14-13(15)9-3-1-2-7(4-9)8-5-10(16)12-11-6-8/h1-6H,(H,12,16). The number of aromatic nitrogens is 2. The van der Waals surface area contributed by atoms with Crippen LogP contribution in [0.3, 0.4) is 0 Å². The van der Waals surface area contributed by atoms with Gasteiger partial charge < -0.3 is 0 Å². The Morgan fingerprint density at radius 3 is 2.81 bits per heavy atom. The zero-order valence-corrected chi connectivity index (χ0v) is 8.90. The first kappa shape index (κ1) is 10.4. The van der Waals surface area contributed by atoms with E-state index in [2.05, 4.69) is 10.2 Å². The van der Waals surface area contributed by atoms with E-state index in [4.69, 9.17) is 12.2 Å². The van der Waals surface area contributed by atoms with Gasteiger partial charge >= 0.3 is 0 Å². The topological polar surface area (TPSA) is 71.8 Å². The molecule has 2 aromatic rings. The Labute approximate surface area is 95.9 Å². The molecule has 0 amide bonds. The maximum atomic E-state index is 10.6. The zero-order chi connectivity index (χ0) is 11.5. The minimum absolute atomic E-state index is 0.0521. The van der Waals surface area contributed by atoms with Gasteiger partial charge in [-0.25, -0.2) is 0 Å². The molecule has 0 saturated heterocycles. The Balaban J connectivity index is 2.52. The molecule has 0 unspecified atom stereocenters. The largest absolute Gasteiger partial charge is 0.270 e. The van der Waals surface area contributed by atoms with Crippen LogP contribution >= 0.6 is 12.2 Å². The van der Waals surface area contributed by atoms with Crippen molar-refractivity contribution in [2.75, 3.05) is 0 Å². The summed E-state index contributed by atoms with van der Waals surface area (Å²) in [7, 11) is 0. The number of nitro benzene ring substituents is 1. The van der Waals surface area contributed by atoms with E-state index in [9.17, 15) is 10.1 Å². The molecule has 1 aromatic heterocycles. The van der Waals surface area contributed by atoms with Crippen LogP contribution in [0.1, 0.15) is 0 Å². The summed E-state index contributed by atoms with van der Waals surface area (Å²) in [5.41, 5.74) is 1.53. The highest BCUT2D eigenvalue weighted by Gasteiger charge is 2.06. The minimum Gasteiger partial charge on any atom is -0.268 e. The predicted octanol–water partition coefficient (Wildman–Crippen LogP) is 2.71. The highest BCUT2D eigenvalue weighted by atomic mass is 32.1. The van der Waals surface area contributed by atoms with Crippen molar-refractivity contribution < 1.29 is 4.92 Å². The van der Waals surface area contributed by atoms with E-state index in [0.717, 1.165) is 11.1 Å². The van der Waals surface area contributed by atoms with Crippen LogP contribution in [-0.4, -0.2) is 15.1 Å². The lowest BCUT2D eigenvalue weighted by molar-refractivity contribution is -0.384. The van der Waals surface area contributed by atoms with Gasteiger partial charge in [0, 0.05) is 17.7 Å². The summed E-state index contributed by atoms with van der Waals surface area (Å²) in [5, 5.41) is 17.1. The second kappa shape index (κ2) is 4.19. The molecule has 0 bridgehead atoms. The molecule has 2 rings (SSSR count). The normalized spacial score (nSPS) is 10.0. The SMILES string of the molecule is O=[N+]([O-])c1cccc(-c2cn[nH]c(=S)c2)c1. The Morgan fingerprint density at radius 1 is 1.31 bits per heavy atom. The fraction of sp³-hybridized carbons (Fsp3) is 0. The number of nitrogens with one attached hydrogen (secondary N) is 1. The smallest absolute Gasteiger partial charge is 0.268 e. The van der Waals surface area contributed by atoms with Crippen molar-refractivity contribution in [3.8, 4) is 11.1 Å². The molecule has 16 heavy (non-hydrogen) atoms. The van der Waals surface area contributed by atoms with Crippen LogP contribution in [0, 0.1) is 14.8 Å². The van der Waals surface area contributed by atoms with Gasteiger partial charge in [-0.2, -0.15) is 5.10 Å². The molecule has 6 heteroatoms. The van der Waals surface area contributed by atoms with Gasteiger partial charge in [-0.15, -0.1) is 0 Å². The number of rotatable bonds is 2. The molecule has 1 heterocycles. The second-order valence-electron chi connectivity index (χ2n) is 3.14. The monoisotopic (exact) mass is 233 g/mol. The molecule has 0 spiro atoms. The molecule has 0 aliphatic heterocycles. The minimum atomic E-state index is -0.430. The first-order valence-corrected chi connectivity index (χ1v) is 4.87. The summed E-state index contributed by atoms with van der Waals surface area (Å²) in [6, 6.07) is 8.06. The van der Waals surface area contributed by atoms with Gasteiger partial charge in [0.1, 0.15) is 4.64 Å². The van der Waals surface area contributed by atoms with Crippen molar-refractivity contribution in [2.45, 2.75) is 0 Å². The summed E-state index contributed by atoms with van der Waals surface area (Å²) in [6.07, 6.45) is 1.58. The summed E-state index contributed by atoms with van der Waals surface area (Å²) in [4.78, 5) is 10.2. The molecule has 80 valence electrons. The third-order valence-corrected chi connectivity index (χ3v) is 2.26. The number of nitrogens with zero attached hydrogens (tertiary/aromatic N) is 2. The van der Waals surface area contributed by atoms with E-state index in [1.165, 1.54) is 12.1 Å². The van der Waals surface area contributed by atoms with Gasteiger partial charge in [-0.3, -0.25) is 15.2 Å². The maximum Gasteiger partial charge on any atom is 0.270 e. The number of hydrogen-bond acceptors (Lipinski definition) is 4. The van der Waals surface area contributed by atoms with E-state index in [-0.39, 0.29) is 5.69 Å². The number of benzene rings is 1. The molecule has 0 radical (unpaired) electrons. The molecule has 0 aliphatic rings. The lowest BCUT2D eigenvalue weighted by Crippen LogP contribution is -1.89. The molecule has 0 saturated carbocycles. The van der Waals surface area contributed by atoms with Crippen molar-refractivity contribution in [3.63, 3.8) is 0 Å². The second-order valence-corrected chi connectivity index (χ2v) is 3.58. The van der Waals surface area contributed by atoms with Crippen LogP contribution in [0.5, 0.6) is 0 Å². The summed E-state index contributed by atoms with van der Waals surface area (Å²) in [6.45, 7) is 0. The number of nitro groups is 1. The number of hydrogen-bond donors (Lipinski definition) is 1. The van der Waals surface area contributed by atoms with Crippen LogP contribution < -0.4 is 0 Å². The lowest BCUT2D eigenvalue weighted by Gasteiger charge is -1.99. The third kappa shape index (κ3) is 2.12. The Kier molecular flexibility index (Phi) is 2.74. The first-order valence-electron chi connectivity index (χ1n) is 4.46. The van der Waals surface area contributed by atoms with E-state index in [0.29, 0.717) is 4.64 Å². The molecule has 0 aliphatic carbocycles. The van der Waals surface area contributed by atoms with Crippen LogP contribution in [0.2, 0.25) is 0 Å². The van der Waals surface area contributed by atoms with Crippen LogP contribution in [0.15, 0.2) is 36.5 Å². The molecule has 0 atom stereocenters. The van der Waals surface area contributed by atoms with Gasteiger partial charge in [-0.05, 0) is 11.6 Å². The fourth-order valence-corrected chi connectivity index (χ4v) is 1.51. The zero-order valence-electron chi connectivity index (χ0n) is 8.08. The van der Waals surface area contributed by atoms with Gasteiger partial charge in [0.2, 0.25) is 0 Å². The van der Waals surface area contributed by atoms with Crippen molar-refractivity contribution in [1.29, 1.82) is 0 Å². The predicted molar refractivity (Wildman–Crippen MR) is 61.5 cm³/mol.